The molecule has 0 saturated carbocycles. The molecule has 2 aromatic heterocycles. The van der Waals surface area contributed by atoms with Crippen LogP contribution in [0.1, 0.15) is 0 Å². The summed E-state index contributed by atoms with van der Waals surface area (Å²) in [7, 11) is 0. The Balaban J connectivity index is 1.10. The van der Waals surface area contributed by atoms with Crippen molar-refractivity contribution in [3.63, 3.8) is 0 Å². The van der Waals surface area contributed by atoms with E-state index in [1.54, 1.807) is 0 Å². The third kappa shape index (κ3) is 5.71. The molecule has 0 amide bonds. The summed E-state index contributed by atoms with van der Waals surface area (Å²) in [5.74, 6) is 0. The fraction of sp³-hybridized carbons (Fsp3) is 0. The van der Waals surface area contributed by atoms with E-state index in [1.165, 1.54) is 69.8 Å². The lowest BCUT2D eigenvalue weighted by atomic mass is 9.99. The van der Waals surface area contributed by atoms with Crippen molar-refractivity contribution in [2.24, 2.45) is 0 Å². The van der Waals surface area contributed by atoms with Gasteiger partial charge in [-0.15, -0.1) is 11.3 Å². The van der Waals surface area contributed by atoms with Crippen LogP contribution in [0.2, 0.25) is 0 Å². The third-order valence-electron chi connectivity index (χ3n) is 11.2. The quantitative estimate of drug-likeness (QED) is 0.158. The smallest absolute Gasteiger partial charge is 0.0541 e. The van der Waals surface area contributed by atoms with Crippen molar-refractivity contribution in [2.45, 2.75) is 0 Å². The van der Waals surface area contributed by atoms with Crippen molar-refractivity contribution in [2.75, 3.05) is 4.90 Å². The number of rotatable bonds is 7. The van der Waals surface area contributed by atoms with E-state index in [4.69, 9.17) is 0 Å². The van der Waals surface area contributed by atoms with E-state index < -0.39 is 0 Å². The molecule has 11 rings (SSSR count). The lowest BCUT2D eigenvalue weighted by Gasteiger charge is -2.28. The minimum absolute atomic E-state index is 1.10. The maximum Gasteiger partial charge on any atom is 0.0541 e. The summed E-state index contributed by atoms with van der Waals surface area (Å²) in [6.45, 7) is 0. The first-order valence-corrected chi connectivity index (χ1v) is 20.2. The van der Waals surface area contributed by atoms with Gasteiger partial charge in [0.05, 0.1) is 22.4 Å². The molecule has 11 aromatic rings. The number of nitrogens with zero attached hydrogens (tertiary/aromatic N) is 2. The van der Waals surface area contributed by atoms with Gasteiger partial charge in [0.15, 0.2) is 0 Å². The summed E-state index contributed by atoms with van der Waals surface area (Å²) in [6.07, 6.45) is 0. The molecule has 268 valence electrons. The summed E-state index contributed by atoms with van der Waals surface area (Å²) >= 11 is 1.87. The maximum atomic E-state index is 2.44. The normalized spacial score (nSPS) is 11.5. The summed E-state index contributed by atoms with van der Waals surface area (Å²) in [5.41, 5.74) is 14.1. The number of para-hydroxylation sites is 4. The fourth-order valence-electron chi connectivity index (χ4n) is 8.58. The molecule has 0 aliphatic heterocycles. The highest BCUT2D eigenvalue weighted by Gasteiger charge is 2.21. The van der Waals surface area contributed by atoms with E-state index >= 15 is 0 Å². The Hall–Kier alpha value is -7.20. The van der Waals surface area contributed by atoms with Gasteiger partial charge in [0.2, 0.25) is 0 Å². The first-order valence-electron chi connectivity index (χ1n) is 19.4. The Morgan fingerprint density at radius 2 is 0.895 bits per heavy atom. The monoisotopic (exact) mass is 744 g/mol. The van der Waals surface area contributed by atoms with Gasteiger partial charge in [0.25, 0.3) is 0 Å². The third-order valence-corrected chi connectivity index (χ3v) is 12.3. The van der Waals surface area contributed by atoms with Crippen LogP contribution in [0.3, 0.4) is 0 Å². The molecule has 0 N–H and O–H groups in total. The predicted molar refractivity (Wildman–Crippen MR) is 245 cm³/mol. The number of anilines is 3. The SMILES string of the molecule is c1ccc(-c2ccc3c(c2)sc2cc(N(c4cccc(-c5ccccc5-n5c6ccccc6c6ccccc65)c4)c4ccccc4-c4ccccc4)ccc23)cc1. The number of thiophene rings is 1. The largest absolute Gasteiger partial charge is 0.310 e. The van der Waals surface area contributed by atoms with Crippen LogP contribution in [0.25, 0.3) is 81.0 Å². The first kappa shape index (κ1) is 33.2. The summed E-state index contributed by atoms with van der Waals surface area (Å²) in [4.78, 5) is 2.44. The first-order chi connectivity index (χ1) is 28.3. The van der Waals surface area contributed by atoms with Crippen LogP contribution in [-0.4, -0.2) is 4.57 Å². The summed E-state index contributed by atoms with van der Waals surface area (Å²) in [5, 5.41) is 5.09. The van der Waals surface area contributed by atoms with E-state index in [9.17, 15) is 0 Å². The lowest BCUT2D eigenvalue weighted by Crippen LogP contribution is -2.11. The molecule has 0 saturated heterocycles. The zero-order valence-electron chi connectivity index (χ0n) is 31.1. The fourth-order valence-corrected chi connectivity index (χ4v) is 9.76. The lowest BCUT2D eigenvalue weighted by molar-refractivity contribution is 1.18. The number of benzene rings is 9. The molecule has 3 heteroatoms. The standard InChI is InChI=1S/C54H36N2S/c1-3-16-37(17-4-1)39-30-32-47-48-33-31-42(36-54(48)57-53(47)35-39)55(49-26-11-7-22-43(49)38-18-5-2-6-19-38)41-21-15-20-40(34-41)44-23-8-12-27-50(44)56-51-28-13-9-24-45(51)46-25-10-14-29-52(46)56/h1-36H. The second-order valence-corrected chi connectivity index (χ2v) is 15.6. The molecule has 0 atom stereocenters. The molecule has 9 aromatic carbocycles. The number of aromatic nitrogens is 1. The Bertz CT molecular complexity index is 3190. The minimum atomic E-state index is 1.10. The van der Waals surface area contributed by atoms with Gasteiger partial charge in [0, 0.05) is 53.4 Å². The van der Waals surface area contributed by atoms with Crippen LogP contribution in [0.4, 0.5) is 17.1 Å². The predicted octanol–water partition coefficient (Wildman–Crippen LogP) is 15.6. The van der Waals surface area contributed by atoms with Gasteiger partial charge in [-0.1, -0.05) is 164 Å². The molecule has 0 aliphatic carbocycles. The average Bonchev–Trinajstić information content (AvgIpc) is 3.82. The van der Waals surface area contributed by atoms with Crippen LogP contribution >= 0.6 is 11.3 Å². The molecule has 0 bridgehead atoms. The van der Waals surface area contributed by atoms with Crippen LogP contribution in [0.5, 0.6) is 0 Å². The number of fused-ring (bicyclic) bond motifs is 6. The highest BCUT2D eigenvalue weighted by atomic mass is 32.1. The van der Waals surface area contributed by atoms with Crippen LogP contribution in [0, 0.1) is 0 Å². The number of hydrogen-bond donors (Lipinski definition) is 0. The molecule has 2 heterocycles. The van der Waals surface area contributed by atoms with Crippen molar-refractivity contribution in [3.8, 4) is 39.1 Å². The van der Waals surface area contributed by atoms with Crippen LogP contribution in [-0.2, 0) is 0 Å². The molecule has 2 nitrogen and oxygen atoms in total. The van der Waals surface area contributed by atoms with Gasteiger partial charge in [-0.25, -0.2) is 0 Å². The van der Waals surface area contributed by atoms with E-state index in [1.807, 2.05) is 11.3 Å². The Morgan fingerprint density at radius 1 is 0.333 bits per heavy atom. The molecular formula is C54H36N2S. The highest BCUT2D eigenvalue weighted by Crippen LogP contribution is 2.45. The van der Waals surface area contributed by atoms with Crippen molar-refractivity contribution < 1.29 is 0 Å². The van der Waals surface area contributed by atoms with E-state index in [0.717, 1.165) is 28.3 Å². The Morgan fingerprint density at radius 3 is 1.65 bits per heavy atom. The zero-order valence-corrected chi connectivity index (χ0v) is 31.9. The number of hydrogen-bond acceptors (Lipinski definition) is 2. The Labute approximate surface area is 335 Å². The second kappa shape index (κ2) is 13.8. The van der Waals surface area contributed by atoms with E-state index in [0.29, 0.717) is 0 Å². The van der Waals surface area contributed by atoms with Gasteiger partial charge in [-0.3, -0.25) is 0 Å². The molecule has 0 spiro atoms. The van der Waals surface area contributed by atoms with Crippen molar-refractivity contribution in [1.82, 2.24) is 4.57 Å². The molecular weight excluding hydrogens is 709 g/mol. The second-order valence-electron chi connectivity index (χ2n) is 14.5. The topological polar surface area (TPSA) is 8.17 Å². The van der Waals surface area contributed by atoms with Gasteiger partial charge in [0.1, 0.15) is 0 Å². The van der Waals surface area contributed by atoms with E-state index in [-0.39, 0.29) is 0 Å². The van der Waals surface area contributed by atoms with Crippen molar-refractivity contribution in [1.29, 1.82) is 0 Å². The highest BCUT2D eigenvalue weighted by molar-refractivity contribution is 7.25. The van der Waals surface area contributed by atoms with Crippen molar-refractivity contribution >= 4 is 70.4 Å². The van der Waals surface area contributed by atoms with Gasteiger partial charge >= 0.3 is 0 Å². The maximum absolute atomic E-state index is 2.44. The summed E-state index contributed by atoms with van der Waals surface area (Å²) in [6, 6.07) is 79.4. The van der Waals surface area contributed by atoms with Gasteiger partial charge in [-0.05, 0) is 76.9 Å². The van der Waals surface area contributed by atoms with Crippen LogP contribution in [0.15, 0.2) is 218 Å². The van der Waals surface area contributed by atoms with Gasteiger partial charge < -0.3 is 9.47 Å². The molecule has 57 heavy (non-hydrogen) atoms. The van der Waals surface area contributed by atoms with Crippen LogP contribution < -0.4 is 4.90 Å². The van der Waals surface area contributed by atoms with E-state index in [2.05, 4.69) is 228 Å². The summed E-state index contributed by atoms with van der Waals surface area (Å²) < 4.78 is 4.99. The van der Waals surface area contributed by atoms with Gasteiger partial charge in [-0.2, -0.15) is 0 Å². The molecule has 0 radical (unpaired) electrons. The molecule has 0 unspecified atom stereocenters. The van der Waals surface area contributed by atoms with Crippen molar-refractivity contribution in [3.05, 3.63) is 218 Å². The Kier molecular flexibility index (Phi) is 8.04. The minimum Gasteiger partial charge on any atom is -0.310 e. The average molecular weight is 745 g/mol. The zero-order chi connectivity index (χ0) is 37.7. The molecule has 0 fully saturated rings. The molecule has 0 aliphatic rings.